The molecule has 0 fully saturated rings. The second-order valence-electron chi connectivity index (χ2n) is 6.05. The van der Waals surface area contributed by atoms with Crippen LogP contribution in [-0.4, -0.2) is 24.2 Å². The van der Waals surface area contributed by atoms with Gasteiger partial charge in [-0.1, -0.05) is 0 Å². The molecule has 17 heavy (non-hydrogen) atoms. The zero-order chi connectivity index (χ0) is 13.3. The van der Waals surface area contributed by atoms with Crippen molar-refractivity contribution in [3.05, 3.63) is 46.1 Å². The van der Waals surface area contributed by atoms with Gasteiger partial charge < -0.3 is 0 Å². The number of rotatable bonds is 4. The molecule has 0 saturated heterocycles. The Morgan fingerprint density at radius 3 is 2.00 bits per heavy atom. The Morgan fingerprint density at radius 2 is 1.59 bits per heavy atom. The number of hydrogen-bond donors (Lipinski definition) is 0. The third-order valence-electron chi connectivity index (χ3n) is 3.26. The van der Waals surface area contributed by atoms with Gasteiger partial charge in [-0.05, 0) is 0 Å². The first kappa shape index (κ1) is 14.5. The summed E-state index contributed by atoms with van der Waals surface area (Å²) in [6.07, 6.45) is 0. The van der Waals surface area contributed by atoms with Gasteiger partial charge in [0, 0.05) is 0 Å². The van der Waals surface area contributed by atoms with Crippen LogP contribution in [0.15, 0.2) is 40.5 Å². The van der Waals surface area contributed by atoms with Crippen molar-refractivity contribution in [1.29, 1.82) is 0 Å². The SMILES string of the molecule is C=[C](C(C)(C)C(=O)c1ccccc1)[Sn]([CH3])([CH3])[CH3]. The van der Waals surface area contributed by atoms with Crippen molar-refractivity contribution in [1.82, 2.24) is 0 Å². The summed E-state index contributed by atoms with van der Waals surface area (Å²) in [7, 11) is 0. The maximum atomic E-state index is 12.5. The van der Waals surface area contributed by atoms with Crippen molar-refractivity contribution in [2.45, 2.75) is 28.7 Å². The molecule has 1 nitrogen and oxygen atoms in total. The van der Waals surface area contributed by atoms with E-state index in [1.165, 1.54) is 3.59 Å². The van der Waals surface area contributed by atoms with Gasteiger partial charge in [-0.2, -0.15) is 0 Å². The zero-order valence-corrected chi connectivity index (χ0v) is 14.4. The van der Waals surface area contributed by atoms with Gasteiger partial charge in [0.15, 0.2) is 0 Å². The topological polar surface area (TPSA) is 17.1 Å². The van der Waals surface area contributed by atoms with Crippen molar-refractivity contribution in [3.8, 4) is 0 Å². The minimum absolute atomic E-state index is 0.190. The van der Waals surface area contributed by atoms with Crippen LogP contribution in [0.4, 0.5) is 0 Å². The number of carbonyl (C=O) groups is 1. The van der Waals surface area contributed by atoms with Crippen LogP contribution >= 0.6 is 0 Å². The van der Waals surface area contributed by atoms with E-state index >= 15 is 0 Å². The van der Waals surface area contributed by atoms with Crippen LogP contribution in [0.2, 0.25) is 14.8 Å². The molecule has 0 unspecified atom stereocenters. The fourth-order valence-corrected chi connectivity index (χ4v) is 7.70. The van der Waals surface area contributed by atoms with Gasteiger partial charge >= 0.3 is 109 Å². The first-order valence-corrected chi connectivity index (χ1v) is 16.0. The van der Waals surface area contributed by atoms with Gasteiger partial charge in [0.25, 0.3) is 0 Å². The first-order valence-electron chi connectivity index (χ1n) is 5.97. The van der Waals surface area contributed by atoms with E-state index in [-0.39, 0.29) is 5.78 Å². The molecule has 0 aromatic heterocycles. The standard InChI is InChI=1S/C12H13O.3CH3.Sn/c1-4-12(2,3)11(13)10-8-6-5-7-9-10;;;;/h5-9H,1H2,2-3H3;3*1H3;. The van der Waals surface area contributed by atoms with Gasteiger partial charge in [-0.15, -0.1) is 0 Å². The fourth-order valence-electron chi connectivity index (χ4n) is 2.02. The Hall–Kier alpha value is -0.571. The Bertz CT molecular complexity index is 424. The van der Waals surface area contributed by atoms with E-state index in [9.17, 15) is 4.79 Å². The second-order valence-corrected chi connectivity index (χ2v) is 20.6. The van der Waals surface area contributed by atoms with Crippen LogP contribution in [0.25, 0.3) is 0 Å². The summed E-state index contributed by atoms with van der Waals surface area (Å²) in [5, 5.41) is 0. The molecule has 92 valence electrons. The summed E-state index contributed by atoms with van der Waals surface area (Å²) < 4.78 is 1.18. The van der Waals surface area contributed by atoms with E-state index in [1.54, 1.807) is 0 Å². The Balaban J connectivity index is 3.08. The molecule has 0 N–H and O–H groups in total. The molecule has 0 radical (unpaired) electrons. The molecule has 0 bridgehead atoms. The second kappa shape index (κ2) is 4.97. The number of carbonyl (C=O) groups excluding carboxylic acids is 1. The summed E-state index contributed by atoms with van der Waals surface area (Å²) in [6, 6.07) is 9.52. The molecule has 0 amide bonds. The third kappa shape index (κ3) is 3.21. The number of benzene rings is 1. The molecule has 2 heteroatoms. The van der Waals surface area contributed by atoms with E-state index in [2.05, 4.69) is 21.4 Å². The summed E-state index contributed by atoms with van der Waals surface area (Å²) in [6.45, 7) is 8.23. The molecule has 0 heterocycles. The average Bonchev–Trinajstić information content (AvgIpc) is 2.27. The Morgan fingerprint density at radius 1 is 1.12 bits per heavy atom. The molecule has 0 saturated carbocycles. The van der Waals surface area contributed by atoms with Gasteiger partial charge in [0.2, 0.25) is 0 Å². The molecular formula is C15H22OSn. The van der Waals surface area contributed by atoms with E-state index in [4.69, 9.17) is 0 Å². The molecule has 0 aliphatic carbocycles. The summed E-state index contributed by atoms with van der Waals surface area (Å²) >= 11 is -2.25. The minimum atomic E-state index is -2.25. The molecule has 1 rings (SSSR count). The first-order chi connectivity index (χ1) is 7.67. The van der Waals surface area contributed by atoms with Crippen LogP contribution in [-0.2, 0) is 0 Å². The van der Waals surface area contributed by atoms with Gasteiger partial charge in [0.1, 0.15) is 0 Å². The van der Waals surface area contributed by atoms with Gasteiger partial charge in [-0.3, -0.25) is 0 Å². The van der Waals surface area contributed by atoms with E-state index < -0.39 is 23.8 Å². The molecular weight excluding hydrogens is 315 g/mol. The third-order valence-corrected chi connectivity index (χ3v) is 10.2. The average molecular weight is 337 g/mol. The molecule has 1 aromatic rings. The molecule has 0 aliphatic heterocycles. The molecule has 0 spiro atoms. The van der Waals surface area contributed by atoms with Crippen LogP contribution in [0.5, 0.6) is 0 Å². The normalized spacial score (nSPS) is 12.3. The van der Waals surface area contributed by atoms with Crippen molar-refractivity contribution < 1.29 is 4.79 Å². The van der Waals surface area contributed by atoms with Gasteiger partial charge in [0.05, 0.1) is 0 Å². The number of allylic oxidation sites excluding steroid dienone is 1. The summed E-state index contributed by atoms with van der Waals surface area (Å²) in [5.41, 5.74) is 0.351. The molecule has 0 atom stereocenters. The number of ketones is 1. The fraction of sp³-hybridized carbons (Fsp3) is 0.400. The monoisotopic (exact) mass is 338 g/mol. The van der Waals surface area contributed by atoms with E-state index in [1.807, 2.05) is 44.2 Å². The Kier molecular flexibility index (Phi) is 4.23. The van der Waals surface area contributed by atoms with Crippen LogP contribution in [0, 0.1) is 5.41 Å². The van der Waals surface area contributed by atoms with Crippen LogP contribution in [0.1, 0.15) is 24.2 Å². The quantitative estimate of drug-likeness (QED) is 0.590. The number of hydrogen-bond acceptors (Lipinski definition) is 1. The Labute approximate surface area is 109 Å². The van der Waals surface area contributed by atoms with Crippen LogP contribution < -0.4 is 0 Å². The van der Waals surface area contributed by atoms with Crippen molar-refractivity contribution >= 4 is 24.2 Å². The van der Waals surface area contributed by atoms with Crippen molar-refractivity contribution in [2.75, 3.05) is 0 Å². The summed E-state index contributed by atoms with van der Waals surface area (Å²) in [5.74, 6) is 0.190. The summed E-state index contributed by atoms with van der Waals surface area (Å²) in [4.78, 5) is 19.4. The zero-order valence-electron chi connectivity index (χ0n) is 11.5. The molecule has 1 aromatic carbocycles. The van der Waals surface area contributed by atoms with Crippen LogP contribution in [0.3, 0.4) is 0 Å². The molecule has 0 aliphatic rings. The number of Topliss-reactive ketones (excluding diaryl/α,β-unsaturated/α-hetero) is 1. The van der Waals surface area contributed by atoms with Crippen molar-refractivity contribution in [2.24, 2.45) is 5.41 Å². The van der Waals surface area contributed by atoms with Crippen molar-refractivity contribution in [3.63, 3.8) is 0 Å². The van der Waals surface area contributed by atoms with E-state index in [0.717, 1.165) is 5.56 Å². The predicted molar refractivity (Wildman–Crippen MR) is 77.0 cm³/mol. The maximum absolute atomic E-state index is 12.5. The predicted octanol–water partition coefficient (Wildman–Crippen LogP) is 4.33. The van der Waals surface area contributed by atoms with Gasteiger partial charge in [-0.25, -0.2) is 0 Å². The van der Waals surface area contributed by atoms with E-state index in [0.29, 0.717) is 0 Å².